The van der Waals surface area contributed by atoms with Crippen LogP contribution < -0.4 is 10.6 Å². The summed E-state index contributed by atoms with van der Waals surface area (Å²) in [7, 11) is 1.84. The molecule has 0 bridgehead atoms. The fraction of sp³-hybridized carbons (Fsp3) is 0.696. The molecule has 1 unspecified atom stereocenters. The van der Waals surface area contributed by atoms with E-state index in [1.165, 1.54) is 43.4 Å². The standard InChI is InChI=1S/C23H39N5O/c1-3-22-6-4-5-12-28(22)13-11-25-23(24-2)26-18-20-7-9-21(10-8-20)19-27-14-16-29-17-15-27/h7-10,22H,3-6,11-19H2,1-2H3,(H2,24,25,26). The van der Waals surface area contributed by atoms with Crippen LogP contribution in [0, 0.1) is 0 Å². The highest BCUT2D eigenvalue weighted by Crippen LogP contribution is 2.18. The van der Waals surface area contributed by atoms with Crippen molar-refractivity contribution < 1.29 is 4.74 Å². The molecule has 3 rings (SSSR count). The van der Waals surface area contributed by atoms with Gasteiger partial charge < -0.3 is 15.4 Å². The smallest absolute Gasteiger partial charge is 0.191 e. The molecule has 0 aliphatic carbocycles. The second-order valence-electron chi connectivity index (χ2n) is 8.15. The van der Waals surface area contributed by atoms with Crippen LogP contribution in [0.25, 0.3) is 0 Å². The summed E-state index contributed by atoms with van der Waals surface area (Å²) in [5.41, 5.74) is 2.64. The third-order valence-electron chi connectivity index (χ3n) is 6.13. The highest BCUT2D eigenvalue weighted by molar-refractivity contribution is 5.79. The molecule has 2 heterocycles. The maximum absolute atomic E-state index is 5.42. The number of morpholine rings is 1. The summed E-state index contributed by atoms with van der Waals surface area (Å²) in [6.45, 7) is 11.1. The number of guanidine groups is 1. The van der Waals surface area contributed by atoms with Gasteiger partial charge in [0.25, 0.3) is 0 Å². The molecule has 2 aliphatic rings. The summed E-state index contributed by atoms with van der Waals surface area (Å²) >= 11 is 0. The first-order valence-electron chi connectivity index (χ1n) is 11.3. The van der Waals surface area contributed by atoms with Crippen molar-refractivity contribution in [1.29, 1.82) is 0 Å². The van der Waals surface area contributed by atoms with Gasteiger partial charge in [0.2, 0.25) is 0 Å². The maximum atomic E-state index is 5.42. The lowest BCUT2D eigenvalue weighted by atomic mass is 10.0. The quantitative estimate of drug-likeness (QED) is 0.518. The molecule has 162 valence electrons. The summed E-state index contributed by atoms with van der Waals surface area (Å²) in [6, 6.07) is 9.68. The number of benzene rings is 1. The molecular formula is C23H39N5O. The summed E-state index contributed by atoms with van der Waals surface area (Å²) in [4.78, 5) is 9.47. The van der Waals surface area contributed by atoms with Crippen molar-refractivity contribution in [1.82, 2.24) is 20.4 Å². The number of hydrogen-bond donors (Lipinski definition) is 2. The van der Waals surface area contributed by atoms with Crippen molar-refractivity contribution >= 4 is 5.96 Å². The lowest BCUT2D eigenvalue weighted by molar-refractivity contribution is 0.0342. The number of nitrogens with zero attached hydrogens (tertiary/aromatic N) is 3. The van der Waals surface area contributed by atoms with Gasteiger partial charge in [-0.2, -0.15) is 0 Å². The third-order valence-corrected chi connectivity index (χ3v) is 6.13. The van der Waals surface area contributed by atoms with Crippen LogP contribution in [0.1, 0.15) is 43.7 Å². The molecule has 0 saturated carbocycles. The summed E-state index contributed by atoms with van der Waals surface area (Å²) in [5, 5.41) is 6.92. The van der Waals surface area contributed by atoms with E-state index in [2.05, 4.69) is 56.6 Å². The van der Waals surface area contributed by atoms with Crippen LogP contribution in [-0.2, 0) is 17.8 Å². The van der Waals surface area contributed by atoms with Gasteiger partial charge in [-0.1, -0.05) is 37.6 Å². The Kier molecular flexibility index (Phi) is 9.25. The minimum Gasteiger partial charge on any atom is -0.379 e. The van der Waals surface area contributed by atoms with E-state index in [4.69, 9.17) is 4.74 Å². The average molecular weight is 402 g/mol. The molecule has 1 aromatic rings. The van der Waals surface area contributed by atoms with Crippen molar-refractivity contribution in [3.8, 4) is 0 Å². The fourth-order valence-electron chi connectivity index (χ4n) is 4.32. The number of nitrogens with one attached hydrogen (secondary N) is 2. The van der Waals surface area contributed by atoms with Gasteiger partial charge in [0.1, 0.15) is 0 Å². The maximum Gasteiger partial charge on any atom is 0.191 e. The van der Waals surface area contributed by atoms with Gasteiger partial charge in [-0.15, -0.1) is 0 Å². The largest absolute Gasteiger partial charge is 0.379 e. The molecule has 6 nitrogen and oxygen atoms in total. The van der Waals surface area contributed by atoms with Gasteiger partial charge in [-0.3, -0.25) is 14.8 Å². The van der Waals surface area contributed by atoms with E-state index in [0.717, 1.165) is 64.5 Å². The van der Waals surface area contributed by atoms with Gasteiger partial charge >= 0.3 is 0 Å². The number of rotatable bonds is 8. The number of piperidine rings is 1. The van der Waals surface area contributed by atoms with E-state index < -0.39 is 0 Å². The highest BCUT2D eigenvalue weighted by atomic mass is 16.5. The Morgan fingerprint density at radius 3 is 2.55 bits per heavy atom. The monoisotopic (exact) mass is 401 g/mol. The lowest BCUT2D eigenvalue weighted by Gasteiger charge is -2.35. The van der Waals surface area contributed by atoms with Crippen molar-refractivity contribution in [3.63, 3.8) is 0 Å². The van der Waals surface area contributed by atoms with Crippen molar-refractivity contribution in [2.75, 3.05) is 53.0 Å². The van der Waals surface area contributed by atoms with E-state index in [9.17, 15) is 0 Å². The SMILES string of the molecule is CCC1CCCCN1CCNC(=NC)NCc1ccc(CN2CCOCC2)cc1. The Bertz CT molecular complexity index is 612. The van der Waals surface area contributed by atoms with Crippen LogP contribution >= 0.6 is 0 Å². The lowest BCUT2D eigenvalue weighted by Crippen LogP contribution is -2.45. The Morgan fingerprint density at radius 2 is 1.83 bits per heavy atom. The predicted molar refractivity (Wildman–Crippen MR) is 120 cm³/mol. The first kappa shape index (κ1) is 22.1. The number of ether oxygens (including phenoxy) is 1. The fourth-order valence-corrected chi connectivity index (χ4v) is 4.32. The van der Waals surface area contributed by atoms with Crippen molar-refractivity contribution in [3.05, 3.63) is 35.4 Å². The van der Waals surface area contributed by atoms with E-state index in [0.29, 0.717) is 0 Å². The number of hydrogen-bond acceptors (Lipinski definition) is 4. The first-order chi connectivity index (χ1) is 14.3. The van der Waals surface area contributed by atoms with Gasteiger partial charge in [0.15, 0.2) is 5.96 Å². The molecular weight excluding hydrogens is 362 g/mol. The van der Waals surface area contributed by atoms with Crippen molar-refractivity contribution in [2.24, 2.45) is 4.99 Å². The predicted octanol–water partition coefficient (Wildman–Crippen LogP) is 2.45. The molecule has 1 atom stereocenters. The molecule has 1 aromatic carbocycles. The Labute approximate surface area is 176 Å². The second kappa shape index (κ2) is 12.2. The zero-order chi connectivity index (χ0) is 20.3. The first-order valence-corrected chi connectivity index (χ1v) is 11.3. The van der Waals surface area contributed by atoms with E-state index in [1.54, 1.807) is 0 Å². The molecule has 0 aromatic heterocycles. The van der Waals surface area contributed by atoms with Crippen LogP contribution in [0.3, 0.4) is 0 Å². The molecule has 2 saturated heterocycles. The average Bonchev–Trinajstić information content (AvgIpc) is 2.78. The molecule has 6 heteroatoms. The van der Waals surface area contributed by atoms with Crippen LogP contribution in [-0.4, -0.2) is 74.8 Å². The second-order valence-corrected chi connectivity index (χ2v) is 8.15. The van der Waals surface area contributed by atoms with Crippen molar-refractivity contribution in [2.45, 2.75) is 51.7 Å². The molecule has 2 N–H and O–H groups in total. The van der Waals surface area contributed by atoms with E-state index in [1.807, 2.05) is 7.05 Å². The minimum absolute atomic E-state index is 0.761. The van der Waals surface area contributed by atoms with Gasteiger partial charge in [-0.05, 0) is 36.9 Å². The van der Waals surface area contributed by atoms with Crippen LogP contribution in [0.2, 0.25) is 0 Å². The van der Waals surface area contributed by atoms with Gasteiger partial charge in [0.05, 0.1) is 13.2 Å². The summed E-state index contributed by atoms with van der Waals surface area (Å²) in [5.74, 6) is 0.882. The number of aliphatic imine (C=N–C) groups is 1. The van der Waals surface area contributed by atoms with E-state index in [-0.39, 0.29) is 0 Å². The van der Waals surface area contributed by atoms with Gasteiger partial charge in [-0.25, -0.2) is 0 Å². The third kappa shape index (κ3) is 7.28. The van der Waals surface area contributed by atoms with Crippen LogP contribution in [0.4, 0.5) is 0 Å². The zero-order valence-electron chi connectivity index (χ0n) is 18.3. The molecule has 2 aliphatic heterocycles. The molecule has 29 heavy (non-hydrogen) atoms. The molecule has 0 amide bonds. The summed E-state index contributed by atoms with van der Waals surface area (Å²) in [6.07, 6.45) is 5.33. The Hall–Kier alpha value is -1.63. The normalized spacial score (nSPS) is 21.9. The van der Waals surface area contributed by atoms with Crippen LogP contribution in [0.15, 0.2) is 29.3 Å². The molecule has 2 fully saturated rings. The van der Waals surface area contributed by atoms with Gasteiger partial charge in [0, 0.05) is 52.4 Å². The summed E-state index contributed by atoms with van der Waals surface area (Å²) < 4.78 is 5.42. The Morgan fingerprint density at radius 1 is 1.07 bits per heavy atom. The highest BCUT2D eigenvalue weighted by Gasteiger charge is 2.20. The van der Waals surface area contributed by atoms with Crippen LogP contribution in [0.5, 0.6) is 0 Å². The molecule has 0 spiro atoms. The zero-order valence-corrected chi connectivity index (χ0v) is 18.3. The van der Waals surface area contributed by atoms with E-state index >= 15 is 0 Å². The topological polar surface area (TPSA) is 52.1 Å². The Balaban J connectivity index is 1.37. The number of likely N-dealkylation sites (tertiary alicyclic amines) is 1. The minimum atomic E-state index is 0.761. The molecule has 0 radical (unpaired) electrons.